The normalized spacial score (nSPS) is 16.3. The minimum atomic E-state index is -0.481. The molecule has 10 heteroatoms. The molecule has 2 N–H and O–H groups in total. The first-order valence-corrected chi connectivity index (χ1v) is 9.73. The van der Waals surface area contributed by atoms with E-state index in [1.54, 1.807) is 12.1 Å². The van der Waals surface area contributed by atoms with Crippen LogP contribution in [0.15, 0.2) is 15.9 Å². The second kappa shape index (κ2) is 9.13. The Kier molecular flexibility index (Phi) is 7.15. The summed E-state index contributed by atoms with van der Waals surface area (Å²) in [4.78, 5) is 51.6. The number of halogens is 1. The van der Waals surface area contributed by atoms with Crippen LogP contribution in [0.25, 0.3) is 0 Å². The molecule has 4 amide bonds. The predicted octanol–water partition coefficient (Wildman–Crippen LogP) is 0.436. The van der Waals surface area contributed by atoms with E-state index < -0.39 is 11.9 Å². The highest BCUT2D eigenvalue weighted by Gasteiger charge is 2.33. The molecular formula is C16H21BrN4O4S. The van der Waals surface area contributed by atoms with Gasteiger partial charge in [-0.2, -0.15) is 0 Å². The molecule has 0 radical (unpaired) electrons. The lowest BCUT2D eigenvalue weighted by atomic mass is 10.2. The summed E-state index contributed by atoms with van der Waals surface area (Å²) < 4.78 is 0.834. The highest BCUT2D eigenvalue weighted by Crippen LogP contribution is 2.23. The van der Waals surface area contributed by atoms with Gasteiger partial charge in [-0.25, -0.2) is 0 Å². The zero-order valence-corrected chi connectivity index (χ0v) is 17.0. The van der Waals surface area contributed by atoms with Crippen molar-refractivity contribution in [3.05, 3.63) is 20.8 Å². The first kappa shape index (κ1) is 20.4. The van der Waals surface area contributed by atoms with Gasteiger partial charge in [0, 0.05) is 20.6 Å². The predicted molar refractivity (Wildman–Crippen MR) is 101 cm³/mol. The molecule has 1 fully saturated rings. The third kappa shape index (κ3) is 5.04. The van der Waals surface area contributed by atoms with Crippen molar-refractivity contribution < 1.29 is 19.2 Å². The molecule has 1 unspecified atom stereocenters. The number of rotatable bonds is 6. The van der Waals surface area contributed by atoms with E-state index in [1.807, 2.05) is 0 Å². The van der Waals surface area contributed by atoms with Gasteiger partial charge in [0.15, 0.2) is 0 Å². The Morgan fingerprint density at radius 2 is 2.08 bits per heavy atom. The van der Waals surface area contributed by atoms with Gasteiger partial charge in [-0.05, 0) is 40.9 Å². The Balaban J connectivity index is 1.81. The largest absolute Gasteiger partial charge is 0.357 e. The van der Waals surface area contributed by atoms with Gasteiger partial charge in [-0.3, -0.25) is 19.2 Å². The van der Waals surface area contributed by atoms with Crippen molar-refractivity contribution in [2.45, 2.75) is 18.9 Å². The third-order valence-electron chi connectivity index (χ3n) is 4.07. The Labute approximate surface area is 164 Å². The molecule has 0 bridgehead atoms. The van der Waals surface area contributed by atoms with Gasteiger partial charge in [-0.15, -0.1) is 11.3 Å². The maximum Gasteiger partial charge on any atom is 0.264 e. The van der Waals surface area contributed by atoms with Crippen LogP contribution in [0.2, 0.25) is 0 Å². The van der Waals surface area contributed by atoms with Gasteiger partial charge < -0.3 is 20.4 Å². The van der Waals surface area contributed by atoms with Gasteiger partial charge in [0.1, 0.15) is 6.04 Å². The van der Waals surface area contributed by atoms with E-state index in [4.69, 9.17) is 0 Å². The summed E-state index contributed by atoms with van der Waals surface area (Å²) in [5.74, 6) is -1.20. The molecule has 0 aromatic carbocycles. The molecule has 142 valence electrons. The summed E-state index contributed by atoms with van der Waals surface area (Å²) >= 11 is 4.58. The lowest BCUT2D eigenvalue weighted by Crippen LogP contribution is -2.49. The molecule has 2 rings (SSSR count). The fraction of sp³-hybridized carbons (Fsp3) is 0.500. The van der Waals surface area contributed by atoms with E-state index in [-0.39, 0.29) is 30.8 Å². The first-order chi connectivity index (χ1) is 12.3. The summed E-state index contributed by atoms with van der Waals surface area (Å²) in [5, 5.41) is 5.06. The number of hydrogen-bond acceptors (Lipinski definition) is 5. The molecule has 26 heavy (non-hydrogen) atoms. The smallest absolute Gasteiger partial charge is 0.264 e. The molecule has 1 aliphatic heterocycles. The molecule has 2 heterocycles. The fourth-order valence-electron chi connectivity index (χ4n) is 2.74. The monoisotopic (exact) mass is 444 g/mol. The maximum absolute atomic E-state index is 12.3. The summed E-state index contributed by atoms with van der Waals surface area (Å²) in [6.07, 6.45) is 1.37. The number of likely N-dealkylation sites (tertiary alicyclic amines) is 1. The Morgan fingerprint density at radius 3 is 2.69 bits per heavy atom. The topological polar surface area (TPSA) is 98.8 Å². The van der Waals surface area contributed by atoms with Crippen molar-refractivity contribution >= 4 is 50.9 Å². The van der Waals surface area contributed by atoms with Crippen molar-refractivity contribution in [3.63, 3.8) is 0 Å². The van der Waals surface area contributed by atoms with Crippen LogP contribution in [0, 0.1) is 0 Å². The second-order valence-corrected chi connectivity index (χ2v) is 8.36. The molecule has 0 spiro atoms. The SMILES string of the molecule is CNC(=O)C1CCCN1C(=O)CNC(=O)CN(C)C(=O)c1ccc(Br)s1. The van der Waals surface area contributed by atoms with Crippen molar-refractivity contribution in [1.82, 2.24) is 20.4 Å². The third-order valence-corrected chi connectivity index (χ3v) is 5.68. The fourth-order valence-corrected chi connectivity index (χ4v) is 4.12. The average Bonchev–Trinajstić information content (AvgIpc) is 3.27. The molecule has 1 aromatic rings. The van der Waals surface area contributed by atoms with Crippen LogP contribution in [0.5, 0.6) is 0 Å². The molecule has 8 nitrogen and oxygen atoms in total. The van der Waals surface area contributed by atoms with Crippen LogP contribution in [0.4, 0.5) is 0 Å². The molecule has 1 aliphatic rings. The zero-order chi connectivity index (χ0) is 19.3. The Bertz CT molecular complexity index is 708. The van der Waals surface area contributed by atoms with Crippen LogP contribution >= 0.6 is 27.3 Å². The van der Waals surface area contributed by atoms with Crippen LogP contribution in [-0.2, 0) is 14.4 Å². The summed E-state index contributed by atoms with van der Waals surface area (Å²) in [5.41, 5.74) is 0. The molecule has 0 saturated carbocycles. The number of carbonyl (C=O) groups is 4. The lowest BCUT2D eigenvalue weighted by Gasteiger charge is -2.23. The van der Waals surface area contributed by atoms with Crippen molar-refractivity contribution in [2.24, 2.45) is 0 Å². The minimum Gasteiger partial charge on any atom is -0.357 e. The zero-order valence-electron chi connectivity index (χ0n) is 14.6. The highest BCUT2D eigenvalue weighted by molar-refractivity contribution is 9.11. The Morgan fingerprint density at radius 1 is 1.35 bits per heavy atom. The quantitative estimate of drug-likeness (QED) is 0.664. The van der Waals surface area contributed by atoms with Crippen molar-refractivity contribution in [2.75, 3.05) is 33.7 Å². The minimum absolute atomic E-state index is 0.152. The second-order valence-electron chi connectivity index (χ2n) is 5.90. The number of amides is 4. The number of thiophene rings is 1. The van der Waals surface area contributed by atoms with E-state index >= 15 is 0 Å². The van der Waals surface area contributed by atoms with E-state index in [0.717, 1.165) is 10.2 Å². The average molecular weight is 445 g/mol. The maximum atomic E-state index is 12.3. The molecular weight excluding hydrogens is 424 g/mol. The Hall–Kier alpha value is -1.94. The van der Waals surface area contributed by atoms with Gasteiger partial charge >= 0.3 is 0 Å². The molecule has 0 aliphatic carbocycles. The molecule has 1 saturated heterocycles. The van der Waals surface area contributed by atoms with Gasteiger partial charge in [-0.1, -0.05) is 0 Å². The number of nitrogens with one attached hydrogen (secondary N) is 2. The summed E-state index contributed by atoms with van der Waals surface area (Å²) in [6, 6.07) is 2.97. The molecule has 1 aromatic heterocycles. The summed E-state index contributed by atoms with van der Waals surface area (Å²) in [6.45, 7) is 0.151. The van der Waals surface area contributed by atoms with E-state index in [1.165, 1.54) is 35.2 Å². The number of hydrogen-bond donors (Lipinski definition) is 2. The highest BCUT2D eigenvalue weighted by atomic mass is 79.9. The van der Waals surface area contributed by atoms with Crippen LogP contribution in [0.1, 0.15) is 22.5 Å². The van der Waals surface area contributed by atoms with Gasteiger partial charge in [0.2, 0.25) is 17.7 Å². The van der Waals surface area contributed by atoms with E-state index in [9.17, 15) is 19.2 Å². The lowest BCUT2D eigenvalue weighted by molar-refractivity contribution is -0.138. The van der Waals surface area contributed by atoms with Crippen molar-refractivity contribution in [3.8, 4) is 0 Å². The molecule has 1 atom stereocenters. The first-order valence-electron chi connectivity index (χ1n) is 8.12. The van der Waals surface area contributed by atoms with Crippen LogP contribution < -0.4 is 10.6 Å². The summed E-state index contributed by atoms with van der Waals surface area (Å²) in [7, 11) is 3.06. The van der Waals surface area contributed by atoms with Gasteiger partial charge in [0.05, 0.1) is 21.8 Å². The van der Waals surface area contributed by atoms with Crippen molar-refractivity contribution in [1.29, 1.82) is 0 Å². The number of nitrogens with zero attached hydrogens (tertiary/aromatic N) is 2. The van der Waals surface area contributed by atoms with Gasteiger partial charge in [0.25, 0.3) is 5.91 Å². The number of carbonyl (C=O) groups excluding carboxylic acids is 4. The van der Waals surface area contributed by atoms with E-state index in [2.05, 4.69) is 26.6 Å². The van der Waals surface area contributed by atoms with Crippen LogP contribution in [0.3, 0.4) is 0 Å². The number of likely N-dealkylation sites (N-methyl/N-ethyl adjacent to an activating group) is 2. The van der Waals surface area contributed by atoms with E-state index in [0.29, 0.717) is 17.8 Å². The standard InChI is InChI=1S/C16H21BrN4O4S/c1-18-15(24)10-4-3-7-21(10)14(23)8-19-13(22)9-20(2)16(25)11-5-6-12(17)26-11/h5-6,10H,3-4,7-9H2,1-2H3,(H,18,24)(H,19,22). The van der Waals surface area contributed by atoms with Crippen LogP contribution in [-0.4, -0.2) is 73.2 Å².